The van der Waals surface area contributed by atoms with Crippen LogP contribution >= 0.6 is 0 Å². The van der Waals surface area contributed by atoms with E-state index in [0.29, 0.717) is 30.8 Å². The number of amides is 1. The van der Waals surface area contributed by atoms with E-state index in [2.05, 4.69) is 4.98 Å². The van der Waals surface area contributed by atoms with Crippen LogP contribution in [-0.2, 0) is 9.53 Å². The van der Waals surface area contributed by atoms with Gasteiger partial charge in [0.2, 0.25) is 5.78 Å². The standard InChI is InChI=1S/C24H24N2O5/c1-15(2)30-13-7-12-26-21(17-9-5-6-11-25-17)20(23(28)24(26)29)22(27)19-14-16-8-3-4-10-18(16)31-19/h3-6,8-11,14-15,21,28H,7,12-13H2,1-2H3. The van der Waals surface area contributed by atoms with Crippen molar-refractivity contribution in [2.24, 2.45) is 0 Å². The number of ether oxygens (including phenoxy) is 1. The minimum absolute atomic E-state index is 0.0208. The van der Waals surface area contributed by atoms with Crippen molar-refractivity contribution in [3.63, 3.8) is 0 Å². The second-order valence-corrected chi connectivity index (χ2v) is 7.67. The Labute approximate surface area is 179 Å². The molecule has 7 heteroatoms. The summed E-state index contributed by atoms with van der Waals surface area (Å²) in [6.07, 6.45) is 2.24. The molecule has 160 valence electrons. The summed E-state index contributed by atoms with van der Waals surface area (Å²) in [5, 5.41) is 11.4. The van der Waals surface area contributed by atoms with E-state index in [0.717, 1.165) is 5.39 Å². The average molecular weight is 420 g/mol. The molecule has 0 aliphatic carbocycles. The van der Waals surface area contributed by atoms with Gasteiger partial charge < -0.3 is 19.2 Å². The van der Waals surface area contributed by atoms with E-state index in [1.807, 2.05) is 32.0 Å². The number of carbonyl (C=O) groups is 2. The van der Waals surface area contributed by atoms with Gasteiger partial charge in [-0.15, -0.1) is 0 Å². The molecular weight excluding hydrogens is 396 g/mol. The SMILES string of the molecule is CC(C)OCCCN1C(=O)C(O)=C(C(=O)c2cc3ccccc3o2)C1c1ccccn1. The van der Waals surface area contributed by atoms with Crippen molar-refractivity contribution in [3.8, 4) is 0 Å². The Bertz CT molecular complexity index is 1100. The fourth-order valence-corrected chi connectivity index (χ4v) is 3.74. The van der Waals surface area contributed by atoms with Gasteiger partial charge in [0.15, 0.2) is 11.5 Å². The number of pyridine rings is 1. The Morgan fingerprint density at radius 3 is 2.71 bits per heavy atom. The maximum absolute atomic E-state index is 13.4. The number of rotatable bonds is 8. The molecule has 0 radical (unpaired) electrons. The lowest BCUT2D eigenvalue weighted by Gasteiger charge is -2.26. The number of para-hydroxylation sites is 1. The Morgan fingerprint density at radius 2 is 2.00 bits per heavy atom. The number of ketones is 1. The first-order valence-corrected chi connectivity index (χ1v) is 10.3. The van der Waals surface area contributed by atoms with Gasteiger partial charge in [0.25, 0.3) is 5.91 Å². The van der Waals surface area contributed by atoms with Gasteiger partial charge in [0.1, 0.15) is 11.6 Å². The number of Topliss-reactive ketones (excluding diaryl/α,β-unsaturated/α-hetero) is 1. The van der Waals surface area contributed by atoms with Gasteiger partial charge in [-0.3, -0.25) is 14.6 Å². The van der Waals surface area contributed by atoms with Crippen LogP contribution in [0.1, 0.15) is 42.6 Å². The number of aliphatic hydroxyl groups is 1. The molecule has 0 saturated carbocycles. The molecule has 0 saturated heterocycles. The van der Waals surface area contributed by atoms with Gasteiger partial charge in [-0.05, 0) is 44.5 Å². The predicted molar refractivity (Wildman–Crippen MR) is 115 cm³/mol. The molecule has 0 bridgehead atoms. The molecule has 2 aromatic heterocycles. The van der Waals surface area contributed by atoms with Gasteiger partial charge in [0.05, 0.1) is 17.4 Å². The topological polar surface area (TPSA) is 92.9 Å². The highest BCUT2D eigenvalue weighted by Gasteiger charge is 2.44. The van der Waals surface area contributed by atoms with E-state index in [4.69, 9.17) is 9.15 Å². The van der Waals surface area contributed by atoms with Crippen molar-refractivity contribution in [2.45, 2.75) is 32.4 Å². The third-order valence-electron chi connectivity index (χ3n) is 5.16. The monoisotopic (exact) mass is 420 g/mol. The van der Waals surface area contributed by atoms with E-state index in [1.165, 1.54) is 4.90 Å². The fourth-order valence-electron chi connectivity index (χ4n) is 3.74. The Hall–Kier alpha value is -3.45. The number of aliphatic hydroxyl groups excluding tert-OH is 1. The summed E-state index contributed by atoms with van der Waals surface area (Å²) in [4.78, 5) is 32.1. The van der Waals surface area contributed by atoms with Crippen molar-refractivity contribution in [2.75, 3.05) is 13.2 Å². The number of hydrogen-bond acceptors (Lipinski definition) is 6. The molecule has 1 N–H and O–H groups in total. The summed E-state index contributed by atoms with van der Waals surface area (Å²) in [7, 11) is 0. The quantitative estimate of drug-likeness (QED) is 0.433. The minimum Gasteiger partial charge on any atom is -0.503 e. The molecule has 3 heterocycles. The zero-order valence-electron chi connectivity index (χ0n) is 17.4. The number of carbonyl (C=O) groups excluding carboxylic acids is 2. The summed E-state index contributed by atoms with van der Waals surface area (Å²) in [5.74, 6) is -1.62. The van der Waals surface area contributed by atoms with Crippen LogP contribution in [0.2, 0.25) is 0 Å². The molecule has 1 aromatic carbocycles. The molecule has 31 heavy (non-hydrogen) atoms. The first kappa shape index (κ1) is 20.8. The maximum Gasteiger partial charge on any atom is 0.290 e. The van der Waals surface area contributed by atoms with Gasteiger partial charge in [-0.2, -0.15) is 0 Å². The van der Waals surface area contributed by atoms with E-state index in [9.17, 15) is 14.7 Å². The third-order valence-corrected chi connectivity index (χ3v) is 5.16. The van der Waals surface area contributed by atoms with Crippen molar-refractivity contribution in [1.82, 2.24) is 9.88 Å². The highest BCUT2D eigenvalue weighted by Crippen LogP contribution is 2.38. The molecular formula is C24H24N2O5. The zero-order valence-corrected chi connectivity index (χ0v) is 17.4. The molecule has 1 unspecified atom stereocenters. The number of nitrogens with zero attached hydrogens (tertiary/aromatic N) is 2. The summed E-state index contributed by atoms with van der Waals surface area (Å²) in [6.45, 7) is 4.65. The van der Waals surface area contributed by atoms with E-state index < -0.39 is 23.5 Å². The van der Waals surface area contributed by atoms with Crippen LogP contribution < -0.4 is 0 Å². The van der Waals surface area contributed by atoms with E-state index >= 15 is 0 Å². The number of fused-ring (bicyclic) bond motifs is 1. The number of furan rings is 1. The summed E-state index contributed by atoms with van der Waals surface area (Å²) in [6, 6.07) is 13.4. The number of hydrogen-bond donors (Lipinski definition) is 1. The van der Waals surface area contributed by atoms with Gasteiger partial charge in [-0.1, -0.05) is 24.3 Å². The molecule has 1 amide bonds. The lowest BCUT2D eigenvalue weighted by molar-refractivity contribution is -0.129. The average Bonchev–Trinajstić information content (AvgIpc) is 3.31. The number of aromatic nitrogens is 1. The highest BCUT2D eigenvalue weighted by atomic mass is 16.5. The molecule has 7 nitrogen and oxygen atoms in total. The Morgan fingerprint density at radius 1 is 1.23 bits per heavy atom. The van der Waals surface area contributed by atoms with Gasteiger partial charge in [0, 0.05) is 24.7 Å². The molecule has 4 rings (SSSR count). The molecule has 3 aromatic rings. The normalized spacial score (nSPS) is 16.7. The first-order valence-electron chi connectivity index (χ1n) is 10.3. The lowest BCUT2D eigenvalue weighted by atomic mass is 9.98. The first-order chi connectivity index (χ1) is 15.0. The minimum atomic E-state index is -0.798. The summed E-state index contributed by atoms with van der Waals surface area (Å²) >= 11 is 0. The number of benzene rings is 1. The van der Waals surface area contributed by atoms with E-state index in [-0.39, 0.29) is 17.4 Å². The lowest BCUT2D eigenvalue weighted by Crippen LogP contribution is -2.33. The van der Waals surface area contributed by atoms with Crippen molar-refractivity contribution < 1.29 is 23.8 Å². The molecule has 0 spiro atoms. The van der Waals surface area contributed by atoms with Crippen LogP contribution in [0.3, 0.4) is 0 Å². The maximum atomic E-state index is 13.4. The Kier molecular flexibility index (Phi) is 5.86. The van der Waals surface area contributed by atoms with Gasteiger partial charge >= 0.3 is 0 Å². The second kappa shape index (κ2) is 8.73. The van der Waals surface area contributed by atoms with Crippen LogP contribution in [0, 0.1) is 0 Å². The summed E-state index contributed by atoms with van der Waals surface area (Å²) in [5.41, 5.74) is 1.05. The van der Waals surface area contributed by atoms with Crippen LogP contribution in [0.25, 0.3) is 11.0 Å². The largest absolute Gasteiger partial charge is 0.503 e. The molecule has 1 aliphatic rings. The van der Waals surface area contributed by atoms with Crippen LogP contribution in [0.5, 0.6) is 0 Å². The Balaban J connectivity index is 1.68. The van der Waals surface area contributed by atoms with E-state index in [1.54, 1.807) is 36.5 Å². The van der Waals surface area contributed by atoms with Crippen LogP contribution in [-0.4, -0.2) is 45.9 Å². The smallest absolute Gasteiger partial charge is 0.290 e. The fraction of sp³-hybridized carbons (Fsp3) is 0.292. The van der Waals surface area contributed by atoms with Crippen molar-refractivity contribution in [1.29, 1.82) is 0 Å². The molecule has 1 aliphatic heterocycles. The summed E-state index contributed by atoms with van der Waals surface area (Å²) < 4.78 is 11.3. The predicted octanol–water partition coefficient (Wildman–Crippen LogP) is 4.22. The zero-order chi connectivity index (χ0) is 22.0. The highest BCUT2D eigenvalue weighted by molar-refractivity contribution is 6.15. The van der Waals surface area contributed by atoms with Crippen molar-refractivity contribution >= 4 is 22.7 Å². The molecule has 0 fully saturated rings. The van der Waals surface area contributed by atoms with Crippen LogP contribution in [0.15, 0.2) is 70.5 Å². The van der Waals surface area contributed by atoms with Crippen molar-refractivity contribution in [3.05, 3.63) is 77.5 Å². The third kappa shape index (κ3) is 4.09. The molecule has 1 atom stereocenters. The van der Waals surface area contributed by atoms with Crippen LogP contribution in [0.4, 0.5) is 0 Å². The second-order valence-electron chi connectivity index (χ2n) is 7.67. The van der Waals surface area contributed by atoms with Gasteiger partial charge in [-0.25, -0.2) is 0 Å².